The van der Waals surface area contributed by atoms with E-state index < -0.39 is 11.6 Å². The van der Waals surface area contributed by atoms with Gasteiger partial charge in [-0.1, -0.05) is 26.2 Å². The van der Waals surface area contributed by atoms with Gasteiger partial charge in [-0.15, -0.1) is 0 Å². The molecule has 4 nitrogen and oxygen atoms in total. The number of hydrogen-bond acceptors (Lipinski definition) is 3. The number of carbonyl (C=O) groups is 1. The van der Waals surface area contributed by atoms with Crippen LogP contribution in [0.2, 0.25) is 0 Å². The number of aliphatic hydroxyl groups is 1. The highest BCUT2D eigenvalue weighted by atomic mass is 16.5. The van der Waals surface area contributed by atoms with E-state index in [1.54, 1.807) is 7.11 Å². The van der Waals surface area contributed by atoms with Crippen molar-refractivity contribution in [2.24, 2.45) is 5.92 Å². The molecule has 0 amide bonds. The zero-order valence-corrected chi connectivity index (χ0v) is 10.1. The molecule has 0 spiro atoms. The maximum Gasteiger partial charge on any atom is 0.336 e. The molecule has 0 aromatic heterocycles. The van der Waals surface area contributed by atoms with E-state index in [2.05, 4.69) is 0 Å². The SMILES string of the molecule is CCCC(O)(C(=O)O)C1CCCCC1OC. The molecule has 0 heterocycles. The zero-order chi connectivity index (χ0) is 12.2. The van der Waals surface area contributed by atoms with Crippen LogP contribution in [0.15, 0.2) is 0 Å². The quantitative estimate of drug-likeness (QED) is 0.756. The Bertz CT molecular complexity index is 241. The summed E-state index contributed by atoms with van der Waals surface area (Å²) < 4.78 is 5.32. The first-order valence-corrected chi connectivity index (χ1v) is 6.04. The molecule has 4 heteroatoms. The standard InChI is InChI=1S/C12H22O4/c1-3-8-12(15,11(13)14)9-6-4-5-7-10(9)16-2/h9-10,15H,3-8H2,1-2H3,(H,13,14). The van der Waals surface area contributed by atoms with E-state index in [-0.39, 0.29) is 12.0 Å². The molecule has 16 heavy (non-hydrogen) atoms. The number of carboxylic acids is 1. The van der Waals surface area contributed by atoms with Crippen molar-refractivity contribution in [2.45, 2.75) is 57.2 Å². The van der Waals surface area contributed by atoms with Crippen molar-refractivity contribution < 1.29 is 19.7 Å². The molecule has 0 radical (unpaired) electrons. The number of rotatable bonds is 5. The van der Waals surface area contributed by atoms with E-state index in [1.165, 1.54) is 0 Å². The predicted octanol–water partition coefficient (Wildman–Crippen LogP) is 1.81. The maximum atomic E-state index is 11.3. The first kappa shape index (κ1) is 13.5. The van der Waals surface area contributed by atoms with Crippen molar-refractivity contribution in [3.8, 4) is 0 Å². The minimum atomic E-state index is -1.62. The van der Waals surface area contributed by atoms with Crippen LogP contribution < -0.4 is 0 Å². The molecule has 1 aliphatic carbocycles. The highest BCUT2D eigenvalue weighted by Gasteiger charge is 2.47. The number of methoxy groups -OCH3 is 1. The number of aliphatic carboxylic acids is 1. The summed E-state index contributed by atoms with van der Waals surface area (Å²) in [6.07, 6.45) is 4.45. The smallest absolute Gasteiger partial charge is 0.336 e. The third-order valence-electron chi connectivity index (χ3n) is 3.62. The topological polar surface area (TPSA) is 66.8 Å². The van der Waals surface area contributed by atoms with Crippen LogP contribution in [0.5, 0.6) is 0 Å². The second kappa shape index (κ2) is 5.64. The summed E-state index contributed by atoms with van der Waals surface area (Å²) in [6.45, 7) is 1.89. The molecular formula is C12H22O4. The minimum Gasteiger partial charge on any atom is -0.479 e. The molecule has 2 N–H and O–H groups in total. The van der Waals surface area contributed by atoms with Crippen LogP contribution in [-0.2, 0) is 9.53 Å². The molecule has 1 fully saturated rings. The highest BCUT2D eigenvalue weighted by molar-refractivity contribution is 5.77. The zero-order valence-electron chi connectivity index (χ0n) is 10.1. The monoisotopic (exact) mass is 230 g/mol. The number of hydrogen-bond donors (Lipinski definition) is 2. The van der Waals surface area contributed by atoms with Crippen molar-refractivity contribution in [3.63, 3.8) is 0 Å². The van der Waals surface area contributed by atoms with Crippen molar-refractivity contribution >= 4 is 5.97 Å². The average molecular weight is 230 g/mol. The van der Waals surface area contributed by atoms with E-state index in [9.17, 15) is 15.0 Å². The summed E-state index contributed by atoms with van der Waals surface area (Å²) in [4.78, 5) is 11.3. The van der Waals surface area contributed by atoms with E-state index >= 15 is 0 Å². The summed E-state index contributed by atoms with van der Waals surface area (Å²) >= 11 is 0. The van der Waals surface area contributed by atoms with E-state index in [0.29, 0.717) is 12.8 Å². The fourth-order valence-corrected chi connectivity index (χ4v) is 2.76. The number of ether oxygens (including phenoxy) is 1. The molecule has 0 bridgehead atoms. The molecule has 94 valence electrons. The first-order valence-electron chi connectivity index (χ1n) is 6.04. The lowest BCUT2D eigenvalue weighted by molar-refractivity contribution is -0.176. The second-order valence-corrected chi connectivity index (χ2v) is 4.64. The van der Waals surface area contributed by atoms with Gasteiger partial charge in [-0.05, 0) is 19.3 Å². The van der Waals surface area contributed by atoms with Crippen molar-refractivity contribution in [1.29, 1.82) is 0 Å². The highest BCUT2D eigenvalue weighted by Crippen LogP contribution is 2.37. The summed E-state index contributed by atoms with van der Waals surface area (Å²) in [5, 5.41) is 19.6. The van der Waals surface area contributed by atoms with Crippen LogP contribution in [0.25, 0.3) is 0 Å². The Hall–Kier alpha value is -0.610. The van der Waals surface area contributed by atoms with E-state index in [0.717, 1.165) is 25.7 Å². The molecule has 3 atom stereocenters. The summed E-state index contributed by atoms with van der Waals surface area (Å²) in [6, 6.07) is 0. The van der Waals surface area contributed by atoms with Gasteiger partial charge < -0.3 is 14.9 Å². The summed E-state index contributed by atoms with van der Waals surface area (Å²) in [5.41, 5.74) is -1.62. The van der Waals surface area contributed by atoms with Crippen LogP contribution in [0.4, 0.5) is 0 Å². The molecule has 0 aromatic rings. The maximum absolute atomic E-state index is 11.3. The van der Waals surface area contributed by atoms with Crippen molar-refractivity contribution in [1.82, 2.24) is 0 Å². The minimum absolute atomic E-state index is 0.124. The molecular weight excluding hydrogens is 208 g/mol. The van der Waals surface area contributed by atoms with Crippen LogP contribution in [0, 0.1) is 5.92 Å². The Morgan fingerprint density at radius 3 is 2.56 bits per heavy atom. The Labute approximate surface area is 96.6 Å². The molecule has 0 aliphatic heterocycles. The number of carboxylic acid groups (broad SMARTS) is 1. The lowest BCUT2D eigenvalue weighted by atomic mass is 9.73. The Morgan fingerprint density at radius 2 is 2.06 bits per heavy atom. The lowest BCUT2D eigenvalue weighted by Gasteiger charge is -2.39. The first-order chi connectivity index (χ1) is 7.56. The summed E-state index contributed by atoms with van der Waals surface area (Å²) in [5.74, 6) is -1.38. The van der Waals surface area contributed by atoms with Crippen LogP contribution >= 0.6 is 0 Å². The van der Waals surface area contributed by atoms with E-state index in [1.807, 2.05) is 6.92 Å². The van der Waals surface area contributed by atoms with Crippen molar-refractivity contribution in [3.05, 3.63) is 0 Å². The van der Waals surface area contributed by atoms with Crippen LogP contribution in [0.3, 0.4) is 0 Å². The average Bonchev–Trinajstić information content (AvgIpc) is 2.29. The van der Waals surface area contributed by atoms with Gasteiger partial charge in [0.15, 0.2) is 5.60 Å². The second-order valence-electron chi connectivity index (χ2n) is 4.64. The molecule has 1 aliphatic rings. The molecule has 1 saturated carbocycles. The van der Waals surface area contributed by atoms with Gasteiger partial charge in [-0.25, -0.2) is 4.79 Å². The van der Waals surface area contributed by atoms with Gasteiger partial charge in [0.1, 0.15) is 0 Å². The van der Waals surface area contributed by atoms with Gasteiger partial charge in [0.05, 0.1) is 6.10 Å². The lowest BCUT2D eigenvalue weighted by Crippen LogP contribution is -2.52. The van der Waals surface area contributed by atoms with Gasteiger partial charge in [0.2, 0.25) is 0 Å². The molecule has 0 saturated heterocycles. The Kier molecular flexibility index (Phi) is 4.74. The van der Waals surface area contributed by atoms with Crippen LogP contribution in [-0.4, -0.2) is 35.0 Å². The summed E-state index contributed by atoms with van der Waals surface area (Å²) in [7, 11) is 1.59. The molecule has 3 unspecified atom stereocenters. The van der Waals surface area contributed by atoms with Gasteiger partial charge in [0, 0.05) is 13.0 Å². The van der Waals surface area contributed by atoms with Gasteiger partial charge >= 0.3 is 5.97 Å². The fourth-order valence-electron chi connectivity index (χ4n) is 2.76. The van der Waals surface area contributed by atoms with Gasteiger partial charge in [-0.3, -0.25) is 0 Å². The Balaban J connectivity index is 2.86. The Morgan fingerprint density at radius 1 is 1.44 bits per heavy atom. The molecule has 0 aromatic carbocycles. The van der Waals surface area contributed by atoms with E-state index in [4.69, 9.17) is 4.74 Å². The van der Waals surface area contributed by atoms with Gasteiger partial charge in [0.25, 0.3) is 0 Å². The predicted molar refractivity (Wildman–Crippen MR) is 60.2 cm³/mol. The van der Waals surface area contributed by atoms with Gasteiger partial charge in [-0.2, -0.15) is 0 Å². The largest absolute Gasteiger partial charge is 0.479 e. The molecule has 1 rings (SSSR count). The fraction of sp³-hybridized carbons (Fsp3) is 0.917. The van der Waals surface area contributed by atoms with Crippen LogP contribution in [0.1, 0.15) is 45.4 Å². The third-order valence-corrected chi connectivity index (χ3v) is 3.62. The normalized spacial score (nSPS) is 29.7. The third kappa shape index (κ3) is 2.55. The van der Waals surface area contributed by atoms with Crippen molar-refractivity contribution in [2.75, 3.05) is 7.11 Å².